The van der Waals surface area contributed by atoms with Crippen LogP contribution in [0.25, 0.3) is 0 Å². The summed E-state index contributed by atoms with van der Waals surface area (Å²) in [6.07, 6.45) is -4.06. The van der Waals surface area contributed by atoms with Gasteiger partial charge in [-0.3, -0.25) is 4.79 Å². The van der Waals surface area contributed by atoms with Crippen molar-refractivity contribution in [2.45, 2.75) is 31.2 Å². The van der Waals surface area contributed by atoms with Crippen LogP contribution in [-0.2, 0) is 6.18 Å². The van der Waals surface area contributed by atoms with Gasteiger partial charge in [0.2, 0.25) is 0 Å². The molecule has 0 aromatic heterocycles. The Hall–Kier alpha value is -1.08. The lowest BCUT2D eigenvalue weighted by molar-refractivity contribution is -0.138. The minimum Gasteiger partial charge on any atom is -0.393 e. The van der Waals surface area contributed by atoms with Gasteiger partial charge in [0.15, 0.2) is 0 Å². The number of aliphatic hydroxyl groups is 1. The molecule has 19 heavy (non-hydrogen) atoms. The first kappa shape index (κ1) is 14.3. The fourth-order valence-corrected chi connectivity index (χ4v) is 2.33. The summed E-state index contributed by atoms with van der Waals surface area (Å²) in [5.74, 6) is -0.560. The van der Waals surface area contributed by atoms with E-state index in [-0.39, 0.29) is 16.1 Å². The summed E-state index contributed by atoms with van der Waals surface area (Å²) < 4.78 is 38.0. The molecule has 1 amide bonds. The second kappa shape index (κ2) is 5.13. The summed E-state index contributed by atoms with van der Waals surface area (Å²) >= 11 is 2.81. The summed E-state index contributed by atoms with van der Waals surface area (Å²) in [6.45, 7) is 0. The van der Waals surface area contributed by atoms with E-state index in [1.165, 1.54) is 12.1 Å². The normalized spacial score (nSPS) is 22.8. The monoisotopic (exact) mass is 337 g/mol. The molecule has 0 spiro atoms. The highest BCUT2D eigenvalue weighted by Gasteiger charge is 2.34. The number of hydrogen-bond donors (Lipinski definition) is 2. The van der Waals surface area contributed by atoms with Crippen molar-refractivity contribution in [1.29, 1.82) is 0 Å². The van der Waals surface area contributed by atoms with Crippen molar-refractivity contribution in [1.82, 2.24) is 5.32 Å². The molecular weight excluding hydrogens is 327 g/mol. The quantitative estimate of drug-likeness (QED) is 0.871. The van der Waals surface area contributed by atoms with Crippen LogP contribution in [-0.4, -0.2) is 23.2 Å². The standard InChI is InChI=1S/C12H11BrF3NO2/c13-10-2-1-6(3-9(10)12(14,15)16)11(19)17-7-4-8(18)5-7/h1-3,7-8,18H,4-5H2,(H,17,19). The molecule has 0 atom stereocenters. The van der Waals surface area contributed by atoms with E-state index in [0.717, 1.165) is 6.07 Å². The second-order valence-corrected chi connectivity index (χ2v) is 5.34. The summed E-state index contributed by atoms with van der Waals surface area (Å²) in [7, 11) is 0. The van der Waals surface area contributed by atoms with Crippen molar-refractivity contribution in [2.24, 2.45) is 0 Å². The summed E-state index contributed by atoms with van der Waals surface area (Å²) in [4.78, 5) is 11.8. The van der Waals surface area contributed by atoms with Gasteiger partial charge in [-0.05, 0) is 31.0 Å². The van der Waals surface area contributed by atoms with Gasteiger partial charge in [-0.2, -0.15) is 13.2 Å². The molecular formula is C12H11BrF3NO2. The number of benzene rings is 1. The lowest BCUT2D eigenvalue weighted by Crippen LogP contribution is -2.46. The van der Waals surface area contributed by atoms with Crippen molar-refractivity contribution in [3.8, 4) is 0 Å². The molecule has 3 nitrogen and oxygen atoms in total. The maximum absolute atomic E-state index is 12.7. The van der Waals surface area contributed by atoms with E-state index in [0.29, 0.717) is 12.8 Å². The molecule has 2 rings (SSSR count). The Morgan fingerprint density at radius 2 is 2.00 bits per heavy atom. The Bertz CT molecular complexity index is 498. The SMILES string of the molecule is O=C(NC1CC(O)C1)c1ccc(Br)c(C(F)(F)F)c1. The van der Waals surface area contributed by atoms with Crippen LogP contribution in [0.15, 0.2) is 22.7 Å². The van der Waals surface area contributed by atoms with Gasteiger partial charge in [0.05, 0.1) is 11.7 Å². The molecule has 1 saturated carbocycles. The molecule has 2 N–H and O–H groups in total. The molecule has 1 fully saturated rings. The first-order valence-corrected chi connectivity index (χ1v) is 6.42. The smallest absolute Gasteiger partial charge is 0.393 e. The molecule has 1 aromatic carbocycles. The van der Waals surface area contributed by atoms with Gasteiger partial charge in [0.25, 0.3) is 5.91 Å². The fourth-order valence-electron chi connectivity index (χ4n) is 1.86. The van der Waals surface area contributed by atoms with E-state index in [9.17, 15) is 18.0 Å². The van der Waals surface area contributed by atoms with E-state index in [4.69, 9.17) is 5.11 Å². The molecule has 1 aliphatic carbocycles. The predicted octanol–water partition coefficient (Wildman–Crippen LogP) is 2.72. The Balaban J connectivity index is 2.14. The van der Waals surface area contributed by atoms with Gasteiger partial charge >= 0.3 is 6.18 Å². The van der Waals surface area contributed by atoms with Gasteiger partial charge in [-0.15, -0.1) is 0 Å². The molecule has 0 radical (unpaired) electrons. The van der Waals surface area contributed by atoms with Gasteiger partial charge in [0, 0.05) is 16.1 Å². The van der Waals surface area contributed by atoms with Crippen molar-refractivity contribution in [2.75, 3.05) is 0 Å². The highest BCUT2D eigenvalue weighted by Crippen LogP contribution is 2.35. The highest BCUT2D eigenvalue weighted by molar-refractivity contribution is 9.10. The number of amides is 1. The van der Waals surface area contributed by atoms with Crippen molar-refractivity contribution < 1.29 is 23.1 Å². The Labute approximate surface area is 115 Å². The van der Waals surface area contributed by atoms with Crippen molar-refractivity contribution in [3.05, 3.63) is 33.8 Å². The second-order valence-electron chi connectivity index (χ2n) is 4.49. The highest BCUT2D eigenvalue weighted by atomic mass is 79.9. The van der Waals surface area contributed by atoms with Crippen LogP contribution in [0.4, 0.5) is 13.2 Å². The molecule has 0 heterocycles. The Morgan fingerprint density at radius 1 is 1.37 bits per heavy atom. The third-order valence-corrected chi connectivity index (χ3v) is 3.67. The number of carbonyl (C=O) groups excluding carboxylic acids is 1. The van der Waals surface area contributed by atoms with Crippen molar-refractivity contribution >= 4 is 21.8 Å². The molecule has 0 unspecified atom stereocenters. The van der Waals surface area contributed by atoms with Gasteiger partial charge in [-0.25, -0.2) is 0 Å². The number of alkyl halides is 3. The van der Waals surface area contributed by atoms with Gasteiger partial charge in [0.1, 0.15) is 0 Å². The maximum Gasteiger partial charge on any atom is 0.417 e. The first-order valence-electron chi connectivity index (χ1n) is 5.63. The fraction of sp³-hybridized carbons (Fsp3) is 0.417. The molecule has 0 bridgehead atoms. The zero-order chi connectivity index (χ0) is 14.2. The number of rotatable bonds is 2. The van der Waals surface area contributed by atoms with Crippen LogP contribution in [0.1, 0.15) is 28.8 Å². The number of hydrogen-bond acceptors (Lipinski definition) is 2. The Kier molecular flexibility index (Phi) is 3.87. The van der Waals surface area contributed by atoms with Crippen LogP contribution in [0.2, 0.25) is 0 Å². The van der Waals surface area contributed by atoms with E-state index in [2.05, 4.69) is 21.2 Å². The van der Waals surface area contributed by atoms with E-state index < -0.39 is 23.8 Å². The van der Waals surface area contributed by atoms with Crippen LogP contribution in [0.5, 0.6) is 0 Å². The van der Waals surface area contributed by atoms with E-state index >= 15 is 0 Å². The summed E-state index contributed by atoms with van der Waals surface area (Å²) in [5, 5.41) is 11.7. The first-order chi connectivity index (χ1) is 8.77. The van der Waals surface area contributed by atoms with Gasteiger partial charge in [-0.1, -0.05) is 15.9 Å². The van der Waals surface area contributed by atoms with E-state index in [1.807, 2.05) is 0 Å². The third-order valence-electron chi connectivity index (χ3n) is 2.98. The molecule has 0 saturated heterocycles. The number of halogens is 4. The van der Waals surface area contributed by atoms with Crippen molar-refractivity contribution in [3.63, 3.8) is 0 Å². The third kappa shape index (κ3) is 3.27. The molecule has 1 aromatic rings. The van der Waals surface area contributed by atoms with Crippen LogP contribution < -0.4 is 5.32 Å². The molecule has 0 aliphatic heterocycles. The topological polar surface area (TPSA) is 49.3 Å². The Morgan fingerprint density at radius 3 is 2.53 bits per heavy atom. The minimum atomic E-state index is -4.51. The number of nitrogens with one attached hydrogen (secondary N) is 1. The maximum atomic E-state index is 12.7. The minimum absolute atomic E-state index is 0.0445. The average molecular weight is 338 g/mol. The lowest BCUT2D eigenvalue weighted by Gasteiger charge is -2.32. The molecule has 104 valence electrons. The summed E-state index contributed by atoms with van der Waals surface area (Å²) in [6, 6.07) is 3.17. The average Bonchev–Trinajstić information content (AvgIpc) is 2.25. The van der Waals surface area contributed by atoms with Crippen LogP contribution in [0, 0.1) is 0 Å². The molecule has 1 aliphatic rings. The largest absolute Gasteiger partial charge is 0.417 e. The summed E-state index contributed by atoms with van der Waals surface area (Å²) in [5.41, 5.74) is -0.925. The number of aliphatic hydroxyl groups excluding tert-OH is 1. The van der Waals surface area contributed by atoms with Crippen LogP contribution >= 0.6 is 15.9 Å². The predicted molar refractivity (Wildman–Crippen MR) is 65.6 cm³/mol. The van der Waals surface area contributed by atoms with Gasteiger partial charge < -0.3 is 10.4 Å². The molecule has 7 heteroatoms. The zero-order valence-electron chi connectivity index (χ0n) is 9.67. The zero-order valence-corrected chi connectivity index (χ0v) is 11.3. The number of carbonyl (C=O) groups is 1. The van der Waals surface area contributed by atoms with Crippen LogP contribution in [0.3, 0.4) is 0 Å². The lowest BCUT2D eigenvalue weighted by atomic mass is 9.89. The van der Waals surface area contributed by atoms with E-state index in [1.54, 1.807) is 0 Å².